The molecule has 0 spiro atoms. The Kier molecular flexibility index (Phi) is 5.85. The number of rotatable bonds is 5. The maximum absolute atomic E-state index is 12.8. The molecule has 1 fully saturated rings. The van der Waals surface area contributed by atoms with Crippen LogP contribution in [0, 0.1) is 5.92 Å². The Labute approximate surface area is 128 Å². The van der Waals surface area contributed by atoms with Gasteiger partial charge in [-0.1, -0.05) is 19.8 Å². The van der Waals surface area contributed by atoms with Gasteiger partial charge in [0.05, 0.1) is 6.04 Å². The molecule has 1 aromatic heterocycles. The lowest BCUT2D eigenvalue weighted by atomic mass is 10.0. The Bertz CT molecular complexity index is 455. The summed E-state index contributed by atoms with van der Waals surface area (Å²) in [5, 5.41) is 0. The second-order valence-electron chi connectivity index (χ2n) is 6.27. The molecule has 0 aromatic carbocycles. The fourth-order valence-corrected chi connectivity index (χ4v) is 3.33. The first-order valence-electron chi connectivity index (χ1n) is 8.27. The van der Waals surface area contributed by atoms with Gasteiger partial charge in [-0.05, 0) is 44.4 Å². The van der Waals surface area contributed by atoms with Crippen LogP contribution in [-0.4, -0.2) is 28.5 Å². The van der Waals surface area contributed by atoms with Crippen LogP contribution in [0.4, 0.5) is 0 Å². The van der Waals surface area contributed by atoms with Gasteiger partial charge >= 0.3 is 0 Å². The summed E-state index contributed by atoms with van der Waals surface area (Å²) >= 11 is 0. The quantitative estimate of drug-likeness (QED) is 0.907. The monoisotopic (exact) mass is 291 g/mol. The maximum atomic E-state index is 12.8. The normalized spacial score (nSPS) is 21.1. The van der Waals surface area contributed by atoms with Crippen LogP contribution >= 0.6 is 0 Å². The van der Waals surface area contributed by atoms with Crippen molar-refractivity contribution in [3.8, 4) is 0 Å². The zero-order valence-electron chi connectivity index (χ0n) is 13.4. The van der Waals surface area contributed by atoms with Crippen LogP contribution in [-0.2, 0) is 11.8 Å². The highest BCUT2D eigenvalue weighted by Gasteiger charge is 2.30. The number of hydrogen-bond donors (Lipinski definition) is 1. The molecule has 1 saturated heterocycles. The third-order valence-electron chi connectivity index (χ3n) is 4.62. The smallest absolute Gasteiger partial charge is 0.225 e. The standard InChI is InChI=1S/C17H29N3O/c1-14(8-6-11-18)17(21)20-13-5-3-4-9-16(20)15-10-7-12-19(15)2/h7,10,12,14,16H,3-6,8-9,11,13,18H2,1-2H3. The van der Waals surface area contributed by atoms with E-state index in [2.05, 4.69) is 34.8 Å². The number of carbonyl (C=O) groups is 1. The van der Waals surface area contributed by atoms with E-state index >= 15 is 0 Å². The molecule has 1 aliphatic heterocycles. The van der Waals surface area contributed by atoms with E-state index in [1.807, 2.05) is 6.92 Å². The molecule has 2 rings (SSSR count). The van der Waals surface area contributed by atoms with Gasteiger partial charge in [0.2, 0.25) is 5.91 Å². The minimum absolute atomic E-state index is 0.0782. The van der Waals surface area contributed by atoms with Crippen molar-refractivity contribution in [3.05, 3.63) is 24.0 Å². The second kappa shape index (κ2) is 7.64. The van der Waals surface area contributed by atoms with E-state index in [0.29, 0.717) is 12.5 Å². The number of likely N-dealkylation sites (tertiary alicyclic amines) is 1. The molecule has 0 bridgehead atoms. The van der Waals surface area contributed by atoms with Crippen molar-refractivity contribution in [3.63, 3.8) is 0 Å². The van der Waals surface area contributed by atoms with Crippen LogP contribution in [0.5, 0.6) is 0 Å². The molecule has 2 unspecified atom stereocenters. The number of hydrogen-bond acceptors (Lipinski definition) is 2. The van der Waals surface area contributed by atoms with Gasteiger partial charge in [0.1, 0.15) is 0 Å². The zero-order chi connectivity index (χ0) is 15.2. The van der Waals surface area contributed by atoms with E-state index in [9.17, 15) is 4.79 Å². The Hall–Kier alpha value is -1.29. The van der Waals surface area contributed by atoms with Crippen LogP contribution in [0.2, 0.25) is 0 Å². The van der Waals surface area contributed by atoms with Crippen molar-refractivity contribution >= 4 is 5.91 Å². The van der Waals surface area contributed by atoms with Crippen molar-refractivity contribution in [1.29, 1.82) is 0 Å². The maximum Gasteiger partial charge on any atom is 0.225 e. The third kappa shape index (κ3) is 3.88. The summed E-state index contributed by atoms with van der Waals surface area (Å²) < 4.78 is 2.15. The third-order valence-corrected chi connectivity index (χ3v) is 4.62. The highest BCUT2D eigenvalue weighted by atomic mass is 16.2. The minimum Gasteiger partial charge on any atom is -0.353 e. The number of amides is 1. The molecule has 4 heteroatoms. The van der Waals surface area contributed by atoms with Gasteiger partial charge in [-0.3, -0.25) is 4.79 Å². The van der Waals surface area contributed by atoms with E-state index in [1.54, 1.807) is 0 Å². The van der Waals surface area contributed by atoms with Gasteiger partial charge in [0, 0.05) is 31.4 Å². The molecular weight excluding hydrogens is 262 g/mol. The van der Waals surface area contributed by atoms with Crippen molar-refractivity contribution < 1.29 is 4.79 Å². The predicted octanol–water partition coefficient (Wildman–Crippen LogP) is 2.84. The lowest BCUT2D eigenvalue weighted by Crippen LogP contribution is -2.39. The molecule has 2 atom stereocenters. The molecule has 21 heavy (non-hydrogen) atoms. The van der Waals surface area contributed by atoms with Crippen molar-refractivity contribution in [2.75, 3.05) is 13.1 Å². The molecule has 1 aliphatic rings. The van der Waals surface area contributed by atoms with E-state index in [0.717, 1.165) is 32.2 Å². The Morgan fingerprint density at radius 3 is 2.90 bits per heavy atom. The molecule has 1 aromatic rings. The number of nitrogens with zero attached hydrogens (tertiary/aromatic N) is 2. The van der Waals surface area contributed by atoms with Crippen molar-refractivity contribution in [2.45, 2.75) is 51.5 Å². The van der Waals surface area contributed by atoms with Gasteiger partial charge in [0.15, 0.2) is 0 Å². The first-order valence-corrected chi connectivity index (χ1v) is 8.27. The van der Waals surface area contributed by atoms with Gasteiger partial charge in [-0.25, -0.2) is 0 Å². The van der Waals surface area contributed by atoms with E-state index < -0.39 is 0 Å². The first-order chi connectivity index (χ1) is 10.1. The van der Waals surface area contributed by atoms with E-state index in [-0.39, 0.29) is 12.0 Å². The molecule has 2 heterocycles. The SMILES string of the molecule is CC(CCCN)C(=O)N1CCCCCC1c1cccn1C. The average Bonchev–Trinajstić information content (AvgIpc) is 2.76. The fraction of sp³-hybridized carbons (Fsp3) is 0.706. The summed E-state index contributed by atoms with van der Waals surface area (Å²) in [6, 6.07) is 4.46. The van der Waals surface area contributed by atoms with Crippen LogP contribution in [0.1, 0.15) is 57.2 Å². The molecule has 0 radical (unpaired) electrons. The van der Waals surface area contributed by atoms with Gasteiger partial charge < -0.3 is 15.2 Å². The van der Waals surface area contributed by atoms with Gasteiger partial charge in [-0.15, -0.1) is 0 Å². The lowest BCUT2D eigenvalue weighted by Gasteiger charge is -2.32. The summed E-state index contributed by atoms with van der Waals surface area (Å²) in [5.41, 5.74) is 6.84. The summed E-state index contributed by atoms with van der Waals surface area (Å²) in [6.45, 7) is 3.60. The Morgan fingerprint density at radius 2 is 2.24 bits per heavy atom. The number of aromatic nitrogens is 1. The van der Waals surface area contributed by atoms with Crippen LogP contribution in [0.25, 0.3) is 0 Å². The number of aryl methyl sites for hydroxylation is 1. The minimum atomic E-state index is 0.0782. The first kappa shape index (κ1) is 16.1. The highest BCUT2D eigenvalue weighted by Crippen LogP contribution is 2.31. The van der Waals surface area contributed by atoms with E-state index in [1.165, 1.54) is 18.5 Å². The molecule has 2 N–H and O–H groups in total. The summed E-state index contributed by atoms with van der Waals surface area (Å²) in [5.74, 6) is 0.381. The van der Waals surface area contributed by atoms with Crippen LogP contribution < -0.4 is 5.73 Å². The Morgan fingerprint density at radius 1 is 1.43 bits per heavy atom. The highest BCUT2D eigenvalue weighted by molar-refractivity contribution is 5.79. The molecule has 1 amide bonds. The lowest BCUT2D eigenvalue weighted by molar-refractivity contribution is -0.137. The number of nitrogens with two attached hydrogens (primary N) is 1. The van der Waals surface area contributed by atoms with Gasteiger partial charge in [-0.2, -0.15) is 0 Å². The number of carbonyl (C=O) groups excluding carboxylic acids is 1. The largest absolute Gasteiger partial charge is 0.353 e. The van der Waals surface area contributed by atoms with E-state index in [4.69, 9.17) is 5.73 Å². The molecule has 4 nitrogen and oxygen atoms in total. The summed E-state index contributed by atoms with van der Waals surface area (Å²) in [7, 11) is 2.07. The van der Waals surface area contributed by atoms with Crippen molar-refractivity contribution in [2.24, 2.45) is 18.7 Å². The summed E-state index contributed by atoms with van der Waals surface area (Å²) in [4.78, 5) is 15.0. The molecule has 0 aliphatic carbocycles. The zero-order valence-corrected chi connectivity index (χ0v) is 13.4. The van der Waals surface area contributed by atoms with Crippen molar-refractivity contribution in [1.82, 2.24) is 9.47 Å². The van der Waals surface area contributed by atoms with Gasteiger partial charge in [0.25, 0.3) is 0 Å². The fourth-order valence-electron chi connectivity index (χ4n) is 3.33. The van der Waals surface area contributed by atoms with Crippen LogP contribution in [0.3, 0.4) is 0 Å². The average molecular weight is 291 g/mol. The van der Waals surface area contributed by atoms with Crippen LogP contribution in [0.15, 0.2) is 18.3 Å². The Balaban J connectivity index is 2.16. The molecular formula is C17H29N3O. The predicted molar refractivity (Wildman–Crippen MR) is 85.8 cm³/mol. The topological polar surface area (TPSA) is 51.3 Å². The summed E-state index contributed by atoms with van der Waals surface area (Å²) in [6.07, 6.45) is 8.52. The second-order valence-corrected chi connectivity index (χ2v) is 6.27. The molecule has 118 valence electrons. The molecule has 0 saturated carbocycles.